The lowest BCUT2D eigenvalue weighted by Gasteiger charge is -2.14. The van der Waals surface area contributed by atoms with E-state index in [2.05, 4.69) is 24.3 Å². The fraction of sp³-hybridized carbons (Fsp3) is 0.438. The van der Waals surface area contributed by atoms with Crippen LogP contribution in [-0.2, 0) is 6.54 Å². The third-order valence-corrected chi connectivity index (χ3v) is 3.48. The first-order valence-corrected chi connectivity index (χ1v) is 7.41. The number of nitrogens with two attached hydrogens (primary N) is 1. The highest BCUT2D eigenvalue weighted by molar-refractivity contribution is 5.71. The highest BCUT2D eigenvalue weighted by Crippen LogP contribution is 2.28. The number of aryl methyl sites for hydroxylation is 2. The van der Waals surface area contributed by atoms with Gasteiger partial charge in [-0.1, -0.05) is 13.0 Å². The maximum absolute atomic E-state index is 6.09. The van der Waals surface area contributed by atoms with Gasteiger partial charge < -0.3 is 15.8 Å². The van der Waals surface area contributed by atoms with Gasteiger partial charge in [-0.3, -0.25) is 0 Å². The molecule has 1 heterocycles. The van der Waals surface area contributed by atoms with Crippen molar-refractivity contribution in [2.24, 2.45) is 0 Å². The number of ether oxygens (including phenoxy) is 1. The zero-order valence-corrected chi connectivity index (χ0v) is 13.2. The summed E-state index contributed by atoms with van der Waals surface area (Å²) in [6, 6.07) is 7.90. The molecule has 2 rings (SSSR count). The summed E-state index contributed by atoms with van der Waals surface area (Å²) in [6.45, 7) is 8.89. The molecule has 0 saturated carbocycles. The van der Waals surface area contributed by atoms with E-state index < -0.39 is 0 Å². The third kappa shape index (κ3) is 3.48. The molecule has 114 valence electrons. The molecule has 5 heteroatoms. The number of nitrogens with zero attached hydrogens (tertiary/aromatic N) is 2. The first-order chi connectivity index (χ1) is 10.0. The smallest absolute Gasteiger partial charge is 0.152 e. The van der Waals surface area contributed by atoms with E-state index in [-0.39, 0.29) is 6.10 Å². The molecule has 0 radical (unpaired) electrons. The summed E-state index contributed by atoms with van der Waals surface area (Å²) in [5.41, 5.74) is 8.56. The van der Waals surface area contributed by atoms with E-state index in [0.29, 0.717) is 5.69 Å². The van der Waals surface area contributed by atoms with Gasteiger partial charge in [-0.05, 0) is 39.3 Å². The molecule has 1 aromatic carbocycles. The zero-order valence-electron chi connectivity index (χ0n) is 13.2. The van der Waals surface area contributed by atoms with Gasteiger partial charge in [0.1, 0.15) is 5.75 Å². The summed E-state index contributed by atoms with van der Waals surface area (Å²) >= 11 is 0. The Hall–Kier alpha value is -2.17. The highest BCUT2D eigenvalue weighted by Gasteiger charge is 2.12. The lowest BCUT2D eigenvalue weighted by molar-refractivity contribution is 0.217. The minimum atomic E-state index is 0.203. The second-order valence-corrected chi connectivity index (χ2v) is 5.15. The van der Waals surface area contributed by atoms with Crippen molar-refractivity contribution in [3.05, 3.63) is 30.0 Å². The minimum absolute atomic E-state index is 0.203. The maximum atomic E-state index is 6.09. The van der Waals surface area contributed by atoms with Gasteiger partial charge >= 0.3 is 0 Å². The lowest BCUT2D eigenvalue weighted by Crippen LogP contribution is -2.10. The van der Waals surface area contributed by atoms with E-state index in [9.17, 15) is 0 Å². The number of hydrogen-bond donors (Lipinski definition) is 2. The fourth-order valence-corrected chi connectivity index (χ4v) is 2.06. The van der Waals surface area contributed by atoms with Crippen LogP contribution in [0.15, 0.2) is 24.3 Å². The lowest BCUT2D eigenvalue weighted by atomic mass is 10.2. The monoisotopic (exact) mass is 288 g/mol. The molecule has 0 aliphatic rings. The number of nitrogens with one attached hydrogen (secondary N) is 1. The predicted octanol–water partition coefficient (Wildman–Crippen LogP) is 3.71. The van der Waals surface area contributed by atoms with Gasteiger partial charge in [0, 0.05) is 18.3 Å². The standard InChI is InChI=1S/C16H24N4O/c1-5-11(3)21-14-9-7-8-13(10-14)18-16-15(17)12(4)19-20(16)6-2/h7-11,18H,5-6,17H2,1-4H3. The topological polar surface area (TPSA) is 65.1 Å². The molecule has 0 fully saturated rings. The molecule has 0 saturated heterocycles. The van der Waals surface area contributed by atoms with E-state index in [0.717, 1.165) is 35.9 Å². The Morgan fingerprint density at radius 1 is 1.38 bits per heavy atom. The highest BCUT2D eigenvalue weighted by atomic mass is 16.5. The van der Waals surface area contributed by atoms with Crippen LogP contribution in [0.25, 0.3) is 0 Å². The fourth-order valence-electron chi connectivity index (χ4n) is 2.06. The number of anilines is 3. The van der Waals surface area contributed by atoms with Crippen LogP contribution >= 0.6 is 0 Å². The second-order valence-electron chi connectivity index (χ2n) is 5.15. The normalized spacial score (nSPS) is 12.2. The quantitative estimate of drug-likeness (QED) is 0.850. The minimum Gasteiger partial charge on any atom is -0.491 e. The van der Waals surface area contributed by atoms with Gasteiger partial charge in [-0.25, -0.2) is 4.68 Å². The first kappa shape index (κ1) is 15.2. The molecular weight excluding hydrogens is 264 g/mol. The Balaban J connectivity index is 2.22. The Kier molecular flexibility index (Phi) is 4.73. The summed E-state index contributed by atoms with van der Waals surface area (Å²) in [7, 11) is 0. The number of benzene rings is 1. The summed E-state index contributed by atoms with van der Waals surface area (Å²) in [4.78, 5) is 0. The van der Waals surface area contributed by atoms with Crippen molar-refractivity contribution in [1.29, 1.82) is 0 Å². The van der Waals surface area contributed by atoms with Crippen LogP contribution in [0.3, 0.4) is 0 Å². The number of nitrogen functional groups attached to an aromatic ring is 1. The van der Waals surface area contributed by atoms with Crippen LogP contribution in [0, 0.1) is 6.92 Å². The molecule has 2 aromatic rings. The molecular formula is C16H24N4O. The summed E-state index contributed by atoms with van der Waals surface area (Å²) in [6.07, 6.45) is 1.18. The molecule has 5 nitrogen and oxygen atoms in total. The van der Waals surface area contributed by atoms with Gasteiger partial charge in [0.25, 0.3) is 0 Å². The van der Waals surface area contributed by atoms with Crippen LogP contribution < -0.4 is 15.8 Å². The average Bonchev–Trinajstić information content (AvgIpc) is 2.75. The Labute approximate surface area is 126 Å². The Morgan fingerprint density at radius 3 is 2.81 bits per heavy atom. The van der Waals surface area contributed by atoms with Gasteiger partial charge in [-0.15, -0.1) is 0 Å². The van der Waals surface area contributed by atoms with Crippen LogP contribution in [0.5, 0.6) is 5.75 Å². The molecule has 0 spiro atoms. The van der Waals surface area contributed by atoms with Crippen molar-refractivity contribution in [3.63, 3.8) is 0 Å². The van der Waals surface area contributed by atoms with E-state index in [4.69, 9.17) is 10.5 Å². The SMILES string of the molecule is CCC(C)Oc1cccc(Nc2c(N)c(C)nn2CC)c1. The van der Waals surface area contributed by atoms with E-state index in [1.165, 1.54) is 0 Å². The molecule has 0 bridgehead atoms. The van der Waals surface area contributed by atoms with E-state index >= 15 is 0 Å². The molecule has 21 heavy (non-hydrogen) atoms. The van der Waals surface area contributed by atoms with E-state index in [1.807, 2.05) is 42.8 Å². The Bertz CT molecular complexity index is 606. The predicted molar refractivity (Wildman–Crippen MR) is 87.2 cm³/mol. The molecule has 0 aliphatic carbocycles. The number of hydrogen-bond acceptors (Lipinski definition) is 4. The first-order valence-electron chi connectivity index (χ1n) is 7.41. The Morgan fingerprint density at radius 2 is 2.14 bits per heavy atom. The van der Waals surface area contributed by atoms with Gasteiger partial charge in [-0.2, -0.15) is 5.10 Å². The molecule has 1 atom stereocenters. The van der Waals surface area contributed by atoms with E-state index in [1.54, 1.807) is 0 Å². The summed E-state index contributed by atoms with van der Waals surface area (Å²) in [5, 5.41) is 7.75. The molecule has 1 unspecified atom stereocenters. The molecule has 0 aliphatic heterocycles. The van der Waals surface area contributed by atoms with Gasteiger partial charge in [0.2, 0.25) is 0 Å². The van der Waals surface area contributed by atoms with Crippen molar-refractivity contribution < 1.29 is 4.74 Å². The second kappa shape index (κ2) is 6.52. The van der Waals surface area contributed by atoms with Crippen molar-refractivity contribution in [2.75, 3.05) is 11.1 Å². The summed E-state index contributed by atoms with van der Waals surface area (Å²) < 4.78 is 7.71. The van der Waals surface area contributed by atoms with Crippen molar-refractivity contribution in [1.82, 2.24) is 9.78 Å². The molecule has 3 N–H and O–H groups in total. The van der Waals surface area contributed by atoms with Gasteiger partial charge in [0.05, 0.1) is 17.5 Å². The van der Waals surface area contributed by atoms with Crippen LogP contribution in [-0.4, -0.2) is 15.9 Å². The molecule has 1 aromatic heterocycles. The van der Waals surface area contributed by atoms with Crippen LogP contribution in [0.2, 0.25) is 0 Å². The van der Waals surface area contributed by atoms with Crippen molar-refractivity contribution in [3.8, 4) is 5.75 Å². The van der Waals surface area contributed by atoms with Crippen molar-refractivity contribution in [2.45, 2.75) is 46.8 Å². The maximum Gasteiger partial charge on any atom is 0.152 e. The largest absolute Gasteiger partial charge is 0.491 e. The molecule has 0 amide bonds. The van der Waals surface area contributed by atoms with Crippen LogP contribution in [0.1, 0.15) is 32.9 Å². The zero-order chi connectivity index (χ0) is 15.4. The number of rotatable bonds is 6. The van der Waals surface area contributed by atoms with Crippen LogP contribution in [0.4, 0.5) is 17.2 Å². The summed E-state index contributed by atoms with van der Waals surface area (Å²) in [5.74, 6) is 1.68. The third-order valence-electron chi connectivity index (χ3n) is 3.48. The number of aromatic nitrogens is 2. The van der Waals surface area contributed by atoms with Gasteiger partial charge in [0.15, 0.2) is 5.82 Å². The van der Waals surface area contributed by atoms with Crippen molar-refractivity contribution >= 4 is 17.2 Å². The average molecular weight is 288 g/mol.